The molecule has 0 unspecified atom stereocenters. The molecule has 0 saturated heterocycles. The lowest BCUT2D eigenvalue weighted by Crippen LogP contribution is -2.36. The van der Waals surface area contributed by atoms with Crippen LogP contribution in [0.5, 0.6) is 0 Å². The fraction of sp³-hybridized carbons (Fsp3) is 0.375. The zero-order valence-corrected chi connectivity index (χ0v) is 17.1. The van der Waals surface area contributed by atoms with Crippen LogP contribution in [-0.4, -0.2) is 22.8 Å². The Morgan fingerprint density at radius 2 is 1.57 bits per heavy atom. The number of benzene rings is 1. The van der Waals surface area contributed by atoms with Gasteiger partial charge in [0.25, 0.3) is 0 Å². The van der Waals surface area contributed by atoms with Gasteiger partial charge < -0.3 is 10.6 Å². The number of hydrogen-bond acceptors (Lipinski definition) is 2. The highest BCUT2D eigenvalue weighted by atomic mass is 127. The van der Waals surface area contributed by atoms with Crippen molar-refractivity contribution in [1.29, 1.82) is 0 Å². The number of aryl methyl sites for hydroxylation is 1. The van der Waals surface area contributed by atoms with E-state index >= 15 is 0 Å². The average molecular weight is 521 g/mol. The average Bonchev–Trinajstić information content (AvgIpc) is 2.96. The number of alkyl halides is 6. The van der Waals surface area contributed by atoms with E-state index < -0.39 is 23.6 Å². The third-order valence-corrected chi connectivity index (χ3v) is 3.58. The first-order valence-electron chi connectivity index (χ1n) is 7.71. The largest absolute Gasteiger partial charge is 0.435 e. The summed E-state index contributed by atoms with van der Waals surface area (Å²) < 4.78 is 77.5. The summed E-state index contributed by atoms with van der Waals surface area (Å²) in [6, 6.07) is 4.54. The van der Waals surface area contributed by atoms with Crippen molar-refractivity contribution >= 4 is 29.9 Å². The molecule has 1 heterocycles. The van der Waals surface area contributed by atoms with Crippen LogP contribution >= 0.6 is 24.0 Å². The third kappa shape index (κ3) is 6.56. The molecule has 28 heavy (non-hydrogen) atoms. The molecule has 1 aromatic carbocycles. The van der Waals surface area contributed by atoms with Crippen LogP contribution in [0, 0.1) is 0 Å². The van der Waals surface area contributed by atoms with Gasteiger partial charge in [-0.25, -0.2) is 0 Å². The van der Waals surface area contributed by atoms with Crippen molar-refractivity contribution in [2.24, 2.45) is 12.0 Å². The van der Waals surface area contributed by atoms with E-state index in [0.717, 1.165) is 16.8 Å². The Morgan fingerprint density at radius 3 is 2.07 bits per heavy atom. The van der Waals surface area contributed by atoms with Crippen molar-refractivity contribution in [2.45, 2.75) is 25.4 Å². The van der Waals surface area contributed by atoms with Crippen molar-refractivity contribution < 1.29 is 26.3 Å². The molecule has 2 N–H and O–H groups in total. The van der Waals surface area contributed by atoms with Crippen LogP contribution in [-0.2, 0) is 32.5 Å². The lowest BCUT2D eigenvalue weighted by atomic mass is 10.1. The van der Waals surface area contributed by atoms with Crippen molar-refractivity contribution in [3.05, 3.63) is 52.8 Å². The molecule has 0 amide bonds. The Bertz CT molecular complexity index is 795. The number of rotatable bonds is 4. The van der Waals surface area contributed by atoms with Gasteiger partial charge in [0, 0.05) is 38.9 Å². The zero-order valence-electron chi connectivity index (χ0n) is 14.8. The minimum atomic E-state index is -4.57. The lowest BCUT2D eigenvalue weighted by Gasteiger charge is -2.13. The maximum atomic E-state index is 12.9. The number of hydrogen-bond donors (Lipinski definition) is 2. The Labute approximate surface area is 174 Å². The number of nitrogens with one attached hydrogen (secondary N) is 2. The summed E-state index contributed by atoms with van der Waals surface area (Å²) in [7, 11) is 2.81. The van der Waals surface area contributed by atoms with E-state index in [1.165, 1.54) is 32.4 Å². The lowest BCUT2D eigenvalue weighted by molar-refractivity contribution is -0.142. The molecule has 0 bridgehead atoms. The van der Waals surface area contributed by atoms with E-state index in [0.29, 0.717) is 5.56 Å². The topological polar surface area (TPSA) is 54.2 Å². The second-order valence-corrected chi connectivity index (χ2v) is 5.65. The normalized spacial score (nSPS) is 12.5. The van der Waals surface area contributed by atoms with E-state index in [1.54, 1.807) is 0 Å². The van der Waals surface area contributed by atoms with Gasteiger partial charge in [-0.05, 0) is 17.7 Å². The fourth-order valence-corrected chi connectivity index (χ4v) is 2.30. The monoisotopic (exact) mass is 521 g/mol. The van der Waals surface area contributed by atoms with E-state index in [-0.39, 0.29) is 48.6 Å². The molecule has 0 aliphatic rings. The summed E-state index contributed by atoms with van der Waals surface area (Å²) in [5.41, 5.74) is -1.24. The van der Waals surface area contributed by atoms with E-state index in [2.05, 4.69) is 20.7 Å². The number of halogens is 7. The standard InChI is InChI=1S/C16H17F6N5.HI/c1-23-14(24-7-10-3-5-12(6-4-10)15(17,18)19)25-8-11-9-27(2)26-13(11)16(20,21)22;/h3-6,9H,7-8H2,1-2H3,(H2,23,24,25);1H. The van der Waals surface area contributed by atoms with Gasteiger partial charge in [0.1, 0.15) is 0 Å². The summed E-state index contributed by atoms with van der Waals surface area (Å²) in [6.07, 6.45) is -7.74. The molecular formula is C16H18F6IN5. The highest BCUT2D eigenvalue weighted by Gasteiger charge is 2.36. The molecule has 0 atom stereocenters. The number of guanidine groups is 1. The molecule has 156 valence electrons. The van der Waals surface area contributed by atoms with Crippen LogP contribution in [0.2, 0.25) is 0 Å². The van der Waals surface area contributed by atoms with Crippen LogP contribution in [0.15, 0.2) is 35.5 Å². The number of aromatic nitrogens is 2. The predicted octanol–water partition coefficient (Wildman–Crippen LogP) is 3.94. The number of nitrogens with zero attached hydrogens (tertiary/aromatic N) is 3. The summed E-state index contributed by atoms with van der Waals surface area (Å²) >= 11 is 0. The van der Waals surface area contributed by atoms with Gasteiger partial charge in [0.2, 0.25) is 0 Å². The van der Waals surface area contributed by atoms with Crippen molar-refractivity contribution in [3.8, 4) is 0 Å². The van der Waals surface area contributed by atoms with Gasteiger partial charge in [-0.2, -0.15) is 31.4 Å². The molecule has 5 nitrogen and oxygen atoms in total. The summed E-state index contributed by atoms with van der Waals surface area (Å²) in [5, 5.41) is 8.96. The van der Waals surface area contributed by atoms with E-state index in [1.807, 2.05) is 0 Å². The molecule has 2 rings (SSSR count). The Balaban J connectivity index is 0.00000392. The second kappa shape index (κ2) is 9.47. The third-order valence-electron chi connectivity index (χ3n) is 3.58. The van der Waals surface area contributed by atoms with Gasteiger partial charge in [-0.15, -0.1) is 24.0 Å². The van der Waals surface area contributed by atoms with Crippen molar-refractivity contribution in [2.75, 3.05) is 7.05 Å². The van der Waals surface area contributed by atoms with Crippen LogP contribution in [0.3, 0.4) is 0 Å². The van der Waals surface area contributed by atoms with Crippen molar-refractivity contribution in [1.82, 2.24) is 20.4 Å². The van der Waals surface area contributed by atoms with Gasteiger partial charge in [0.05, 0.1) is 5.56 Å². The SMILES string of the molecule is CN=C(NCc1ccc(C(F)(F)F)cc1)NCc1cn(C)nc1C(F)(F)F.I. The molecule has 1 aromatic heterocycles. The molecule has 12 heteroatoms. The summed E-state index contributed by atoms with van der Waals surface area (Å²) in [6.45, 7) is -0.0215. The molecule has 0 spiro atoms. The van der Waals surface area contributed by atoms with Crippen LogP contribution in [0.25, 0.3) is 0 Å². The van der Waals surface area contributed by atoms with E-state index in [4.69, 9.17) is 0 Å². The molecule has 0 aliphatic heterocycles. The Kier molecular flexibility index (Phi) is 8.14. The maximum Gasteiger partial charge on any atom is 0.435 e. The second-order valence-electron chi connectivity index (χ2n) is 5.65. The zero-order chi connectivity index (χ0) is 20.2. The highest BCUT2D eigenvalue weighted by Crippen LogP contribution is 2.30. The predicted molar refractivity (Wildman–Crippen MR) is 102 cm³/mol. The first kappa shape index (κ1) is 24.0. The van der Waals surface area contributed by atoms with Crippen molar-refractivity contribution in [3.63, 3.8) is 0 Å². The minimum absolute atomic E-state index is 0. The molecule has 0 radical (unpaired) electrons. The maximum absolute atomic E-state index is 12.9. The first-order valence-corrected chi connectivity index (χ1v) is 7.71. The van der Waals surface area contributed by atoms with Crippen LogP contribution in [0.1, 0.15) is 22.4 Å². The first-order chi connectivity index (χ1) is 12.5. The van der Waals surface area contributed by atoms with Gasteiger partial charge in [0.15, 0.2) is 11.7 Å². The molecule has 0 aliphatic carbocycles. The van der Waals surface area contributed by atoms with Crippen LogP contribution in [0.4, 0.5) is 26.3 Å². The summed E-state index contributed by atoms with van der Waals surface area (Å²) in [5.74, 6) is 0.201. The summed E-state index contributed by atoms with van der Waals surface area (Å²) in [4.78, 5) is 3.88. The smallest absolute Gasteiger partial charge is 0.352 e. The fourth-order valence-electron chi connectivity index (χ4n) is 2.30. The molecular weight excluding hydrogens is 503 g/mol. The van der Waals surface area contributed by atoms with Crippen LogP contribution < -0.4 is 10.6 Å². The highest BCUT2D eigenvalue weighted by molar-refractivity contribution is 14.0. The molecule has 0 saturated carbocycles. The Morgan fingerprint density at radius 1 is 1.00 bits per heavy atom. The molecule has 2 aromatic rings. The van der Waals surface area contributed by atoms with Gasteiger partial charge in [-0.3, -0.25) is 9.67 Å². The van der Waals surface area contributed by atoms with E-state index in [9.17, 15) is 26.3 Å². The van der Waals surface area contributed by atoms with Gasteiger partial charge in [-0.1, -0.05) is 12.1 Å². The minimum Gasteiger partial charge on any atom is -0.352 e. The number of aliphatic imine (C=N–C) groups is 1. The Hall–Kier alpha value is -1.99. The quantitative estimate of drug-likeness (QED) is 0.278. The van der Waals surface area contributed by atoms with Gasteiger partial charge >= 0.3 is 12.4 Å². The molecule has 0 fully saturated rings.